The molecule has 5 nitrogen and oxygen atoms in total. The van der Waals surface area contributed by atoms with Gasteiger partial charge in [-0.2, -0.15) is 0 Å². The third-order valence-electron chi connectivity index (χ3n) is 4.19. The van der Waals surface area contributed by atoms with Crippen molar-refractivity contribution in [1.29, 1.82) is 0 Å². The van der Waals surface area contributed by atoms with Crippen molar-refractivity contribution >= 4 is 15.7 Å². The predicted octanol–water partition coefficient (Wildman–Crippen LogP) is 1.59. The largest absolute Gasteiger partial charge is 0.399 e. The minimum Gasteiger partial charge on any atom is -0.399 e. The Bertz CT molecular complexity index is 587. The van der Waals surface area contributed by atoms with Gasteiger partial charge in [-0.05, 0) is 50.6 Å². The van der Waals surface area contributed by atoms with Gasteiger partial charge in [0.2, 0.25) is 10.0 Å². The molecule has 1 unspecified atom stereocenters. The number of benzene rings is 1. The van der Waals surface area contributed by atoms with Crippen LogP contribution >= 0.6 is 0 Å². The van der Waals surface area contributed by atoms with E-state index in [4.69, 9.17) is 5.73 Å². The van der Waals surface area contributed by atoms with Crippen LogP contribution in [0.3, 0.4) is 0 Å². The quantitative estimate of drug-likeness (QED) is 0.810. The molecule has 0 saturated carbocycles. The molecule has 2 rings (SSSR count). The minimum absolute atomic E-state index is 0.277. The number of nitrogens with one attached hydrogen (secondary N) is 1. The van der Waals surface area contributed by atoms with Crippen LogP contribution < -0.4 is 10.5 Å². The maximum Gasteiger partial charge on any atom is 0.240 e. The first-order chi connectivity index (χ1) is 9.94. The molecular weight excluding hydrogens is 286 g/mol. The number of rotatable bonds is 5. The van der Waals surface area contributed by atoms with Crippen LogP contribution in [-0.4, -0.2) is 39.5 Å². The van der Waals surface area contributed by atoms with Gasteiger partial charge in [0.15, 0.2) is 0 Å². The van der Waals surface area contributed by atoms with E-state index in [2.05, 4.69) is 16.7 Å². The van der Waals surface area contributed by atoms with E-state index in [0.717, 1.165) is 24.9 Å². The Kier molecular flexibility index (Phi) is 5.24. The second-order valence-corrected chi connectivity index (χ2v) is 7.44. The van der Waals surface area contributed by atoms with Crippen molar-refractivity contribution in [3.63, 3.8) is 0 Å². The third kappa shape index (κ3) is 3.96. The fourth-order valence-electron chi connectivity index (χ4n) is 2.80. The van der Waals surface area contributed by atoms with Crippen LogP contribution in [0.1, 0.15) is 31.7 Å². The molecule has 0 radical (unpaired) electrons. The molecular formula is C15H25N3O2S. The van der Waals surface area contributed by atoms with Crippen LogP contribution in [0.5, 0.6) is 0 Å². The molecule has 1 aliphatic heterocycles. The zero-order valence-electron chi connectivity index (χ0n) is 12.8. The number of likely N-dealkylation sites (tertiary alicyclic amines) is 1. The molecule has 0 aliphatic carbocycles. The van der Waals surface area contributed by atoms with Crippen molar-refractivity contribution in [3.8, 4) is 0 Å². The number of anilines is 1. The summed E-state index contributed by atoms with van der Waals surface area (Å²) in [5, 5.41) is 0. The van der Waals surface area contributed by atoms with Crippen LogP contribution in [0.2, 0.25) is 0 Å². The van der Waals surface area contributed by atoms with Gasteiger partial charge in [0.05, 0.1) is 4.90 Å². The van der Waals surface area contributed by atoms with Crippen molar-refractivity contribution in [2.45, 2.75) is 43.5 Å². The van der Waals surface area contributed by atoms with E-state index in [9.17, 15) is 8.42 Å². The highest BCUT2D eigenvalue weighted by atomic mass is 32.2. The van der Waals surface area contributed by atoms with Crippen molar-refractivity contribution in [1.82, 2.24) is 9.62 Å². The second kappa shape index (κ2) is 6.77. The van der Waals surface area contributed by atoms with Crippen LogP contribution in [-0.2, 0) is 16.4 Å². The number of hydrogen-bond acceptors (Lipinski definition) is 4. The van der Waals surface area contributed by atoms with Crippen molar-refractivity contribution < 1.29 is 8.42 Å². The molecule has 0 bridgehead atoms. The molecule has 6 heteroatoms. The van der Waals surface area contributed by atoms with E-state index in [1.807, 2.05) is 6.92 Å². The maximum atomic E-state index is 12.5. The Hall–Kier alpha value is -1.11. The molecule has 21 heavy (non-hydrogen) atoms. The van der Waals surface area contributed by atoms with Crippen molar-refractivity contribution in [2.75, 3.05) is 25.9 Å². The van der Waals surface area contributed by atoms with E-state index < -0.39 is 10.0 Å². The number of sulfonamides is 1. The summed E-state index contributed by atoms with van der Waals surface area (Å²) in [6.45, 7) is 3.43. The predicted molar refractivity (Wildman–Crippen MR) is 85.7 cm³/mol. The Morgan fingerprint density at radius 3 is 2.81 bits per heavy atom. The SMILES string of the molecule is CCc1ccc(N)cc1S(=O)(=O)NCC1CCCCN1C. The molecule has 1 heterocycles. The molecule has 1 aromatic carbocycles. The first-order valence-corrected chi connectivity index (χ1v) is 9.00. The van der Waals surface area contributed by atoms with Gasteiger partial charge in [-0.1, -0.05) is 19.4 Å². The average Bonchev–Trinajstić information content (AvgIpc) is 2.46. The van der Waals surface area contributed by atoms with Crippen molar-refractivity contribution in [2.24, 2.45) is 0 Å². The van der Waals surface area contributed by atoms with Gasteiger partial charge in [0.1, 0.15) is 0 Å². The van der Waals surface area contributed by atoms with Crippen molar-refractivity contribution in [3.05, 3.63) is 23.8 Å². The monoisotopic (exact) mass is 311 g/mol. The number of nitrogens with two attached hydrogens (primary N) is 1. The normalized spacial score (nSPS) is 20.6. The summed E-state index contributed by atoms with van der Waals surface area (Å²) < 4.78 is 27.8. The van der Waals surface area contributed by atoms with Gasteiger partial charge in [-0.3, -0.25) is 0 Å². The summed E-state index contributed by atoms with van der Waals surface area (Å²) in [6, 6.07) is 5.36. The first kappa shape index (κ1) is 16.3. The number of likely N-dealkylation sites (N-methyl/N-ethyl adjacent to an activating group) is 1. The lowest BCUT2D eigenvalue weighted by molar-refractivity contribution is 0.187. The van der Waals surface area contributed by atoms with Gasteiger partial charge in [-0.15, -0.1) is 0 Å². The second-order valence-electron chi connectivity index (χ2n) is 5.70. The van der Waals surface area contributed by atoms with E-state index >= 15 is 0 Å². The lowest BCUT2D eigenvalue weighted by Crippen LogP contribution is -2.44. The summed E-state index contributed by atoms with van der Waals surface area (Å²) >= 11 is 0. The highest BCUT2D eigenvalue weighted by Crippen LogP contribution is 2.20. The van der Waals surface area contributed by atoms with Gasteiger partial charge in [0.25, 0.3) is 0 Å². The van der Waals surface area contributed by atoms with E-state index in [0.29, 0.717) is 23.5 Å². The third-order valence-corrected chi connectivity index (χ3v) is 5.70. The molecule has 1 aliphatic rings. The van der Waals surface area contributed by atoms with E-state index in [1.165, 1.54) is 6.42 Å². The minimum atomic E-state index is -3.51. The zero-order valence-corrected chi connectivity index (χ0v) is 13.6. The first-order valence-electron chi connectivity index (χ1n) is 7.52. The smallest absolute Gasteiger partial charge is 0.240 e. The summed E-state index contributed by atoms with van der Waals surface area (Å²) in [5.41, 5.74) is 7.01. The number of hydrogen-bond donors (Lipinski definition) is 2. The Balaban J connectivity index is 2.13. The lowest BCUT2D eigenvalue weighted by atomic mass is 10.0. The molecule has 0 amide bonds. The molecule has 3 N–H and O–H groups in total. The fourth-order valence-corrected chi connectivity index (χ4v) is 4.22. The molecule has 1 saturated heterocycles. The number of nitrogens with zero attached hydrogens (tertiary/aromatic N) is 1. The fraction of sp³-hybridized carbons (Fsp3) is 0.600. The zero-order chi connectivity index (χ0) is 15.5. The lowest BCUT2D eigenvalue weighted by Gasteiger charge is -2.32. The van der Waals surface area contributed by atoms with Crippen LogP contribution in [0, 0.1) is 0 Å². The van der Waals surface area contributed by atoms with Crippen LogP contribution in [0.15, 0.2) is 23.1 Å². The van der Waals surface area contributed by atoms with Gasteiger partial charge >= 0.3 is 0 Å². The summed E-state index contributed by atoms with van der Waals surface area (Å²) in [6.07, 6.45) is 4.06. The topological polar surface area (TPSA) is 75.4 Å². The highest BCUT2D eigenvalue weighted by Gasteiger charge is 2.23. The standard InChI is InChI=1S/C15H25N3O2S/c1-3-12-7-8-13(16)10-15(12)21(19,20)17-11-14-6-4-5-9-18(14)2/h7-8,10,14,17H,3-6,9,11,16H2,1-2H3. The van der Waals surface area contributed by atoms with Gasteiger partial charge in [0, 0.05) is 18.3 Å². The molecule has 118 valence electrons. The Morgan fingerprint density at radius 2 is 2.14 bits per heavy atom. The molecule has 0 spiro atoms. The van der Waals surface area contributed by atoms with E-state index in [-0.39, 0.29) is 6.04 Å². The summed E-state index contributed by atoms with van der Waals surface area (Å²) in [4.78, 5) is 2.54. The van der Waals surface area contributed by atoms with Crippen LogP contribution in [0.25, 0.3) is 0 Å². The molecule has 1 fully saturated rings. The van der Waals surface area contributed by atoms with Gasteiger partial charge < -0.3 is 10.6 Å². The molecule has 1 atom stereocenters. The number of nitrogen functional groups attached to an aromatic ring is 1. The highest BCUT2D eigenvalue weighted by molar-refractivity contribution is 7.89. The molecule has 0 aromatic heterocycles. The summed E-state index contributed by atoms with van der Waals surface area (Å²) in [5.74, 6) is 0. The maximum absolute atomic E-state index is 12.5. The van der Waals surface area contributed by atoms with Crippen LogP contribution in [0.4, 0.5) is 5.69 Å². The number of aryl methyl sites for hydroxylation is 1. The average molecular weight is 311 g/mol. The summed E-state index contributed by atoms with van der Waals surface area (Å²) in [7, 11) is -1.45. The van der Waals surface area contributed by atoms with Gasteiger partial charge in [-0.25, -0.2) is 13.1 Å². The van der Waals surface area contributed by atoms with E-state index in [1.54, 1.807) is 18.2 Å². The number of piperidine rings is 1. The Morgan fingerprint density at radius 1 is 1.38 bits per heavy atom. The molecule has 1 aromatic rings. The Labute approximate surface area is 127 Å².